The van der Waals surface area contributed by atoms with Crippen LogP contribution < -0.4 is 5.73 Å². The highest BCUT2D eigenvalue weighted by Crippen LogP contribution is 2.21. The van der Waals surface area contributed by atoms with E-state index >= 15 is 0 Å². The molecule has 3 nitrogen and oxygen atoms in total. The number of halogens is 1. The minimum atomic E-state index is 0.0761. The van der Waals surface area contributed by atoms with Crippen LogP contribution in [0.15, 0.2) is 15.9 Å². The fourth-order valence-electron chi connectivity index (χ4n) is 1.99. The number of carbonyl (C=O) groups excluding carboxylic acids is 1. The SMILES string of the molecule is CC(N)CCCC(C)C(=O)N(C)Cc1cc(Br)cs1. The summed E-state index contributed by atoms with van der Waals surface area (Å²) < 4.78 is 1.08. The van der Waals surface area contributed by atoms with Crippen LogP contribution in [-0.4, -0.2) is 23.9 Å². The molecule has 1 aromatic heterocycles. The van der Waals surface area contributed by atoms with Gasteiger partial charge in [-0.05, 0) is 41.8 Å². The number of thiophene rings is 1. The molecule has 0 saturated carbocycles. The molecule has 19 heavy (non-hydrogen) atoms. The fourth-order valence-corrected chi connectivity index (χ4v) is 3.50. The predicted octanol–water partition coefficient (Wildman–Crippen LogP) is 3.62. The minimum absolute atomic E-state index is 0.0761. The number of carbonyl (C=O) groups is 1. The zero-order valence-electron chi connectivity index (χ0n) is 11.9. The molecule has 2 unspecified atom stereocenters. The van der Waals surface area contributed by atoms with Gasteiger partial charge in [-0.15, -0.1) is 11.3 Å². The lowest BCUT2D eigenvalue weighted by atomic mass is 10.0. The average molecular weight is 347 g/mol. The van der Waals surface area contributed by atoms with Crippen LogP contribution in [0.2, 0.25) is 0 Å². The topological polar surface area (TPSA) is 46.3 Å². The average Bonchev–Trinajstić information content (AvgIpc) is 2.73. The molecule has 1 rings (SSSR count). The number of nitrogens with two attached hydrogens (primary N) is 1. The van der Waals surface area contributed by atoms with Gasteiger partial charge in [-0.2, -0.15) is 0 Å². The third kappa shape index (κ3) is 6.06. The van der Waals surface area contributed by atoms with Gasteiger partial charge in [0, 0.05) is 33.7 Å². The molecule has 1 aromatic rings. The summed E-state index contributed by atoms with van der Waals surface area (Å²) in [5.41, 5.74) is 5.72. The van der Waals surface area contributed by atoms with Gasteiger partial charge < -0.3 is 10.6 Å². The van der Waals surface area contributed by atoms with Gasteiger partial charge in [0.2, 0.25) is 5.91 Å². The second kappa shape index (κ2) is 8.02. The van der Waals surface area contributed by atoms with Gasteiger partial charge in [0.25, 0.3) is 0 Å². The van der Waals surface area contributed by atoms with Crippen molar-refractivity contribution >= 4 is 33.2 Å². The molecule has 0 saturated heterocycles. The van der Waals surface area contributed by atoms with Crippen molar-refractivity contribution in [2.24, 2.45) is 11.7 Å². The van der Waals surface area contributed by atoms with Gasteiger partial charge in [0.15, 0.2) is 0 Å². The maximum atomic E-state index is 12.2. The van der Waals surface area contributed by atoms with Crippen LogP contribution in [0.4, 0.5) is 0 Å². The highest BCUT2D eigenvalue weighted by molar-refractivity contribution is 9.10. The summed E-state index contributed by atoms with van der Waals surface area (Å²) in [4.78, 5) is 15.2. The first-order valence-corrected chi connectivity index (χ1v) is 8.31. The Kier molecular flexibility index (Phi) is 7.04. The van der Waals surface area contributed by atoms with Crippen molar-refractivity contribution in [2.45, 2.75) is 45.7 Å². The number of hydrogen-bond acceptors (Lipinski definition) is 3. The van der Waals surface area contributed by atoms with Gasteiger partial charge in [0.05, 0.1) is 6.54 Å². The van der Waals surface area contributed by atoms with E-state index in [1.165, 1.54) is 4.88 Å². The normalized spacial score (nSPS) is 14.2. The first kappa shape index (κ1) is 16.7. The zero-order valence-corrected chi connectivity index (χ0v) is 14.3. The molecule has 2 N–H and O–H groups in total. The van der Waals surface area contributed by atoms with Crippen LogP contribution in [0, 0.1) is 5.92 Å². The minimum Gasteiger partial charge on any atom is -0.340 e. The zero-order chi connectivity index (χ0) is 14.4. The van der Waals surface area contributed by atoms with Gasteiger partial charge in [-0.1, -0.05) is 13.3 Å². The number of hydrogen-bond donors (Lipinski definition) is 1. The summed E-state index contributed by atoms with van der Waals surface area (Å²) in [5.74, 6) is 0.293. The van der Waals surface area contributed by atoms with Gasteiger partial charge in [-0.3, -0.25) is 4.79 Å². The Labute approximate surface area is 128 Å². The van der Waals surface area contributed by atoms with Crippen LogP contribution in [0.3, 0.4) is 0 Å². The standard InChI is InChI=1S/C14H23BrN2OS/c1-10(5-4-6-11(2)16)14(18)17(3)8-13-7-12(15)9-19-13/h7,9-11H,4-6,8,16H2,1-3H3. The lowest BCUT2D eigenvalue weighted by Gasteiger charge is -2.21. The number of nitrogens with zero attached hydrogens (tertiary/aromatic N) is 1. The molecule has 1 amide bonds. The van der Waals surface area contributed by atoms with Gasteiger partial charge in [-0.25, -0.2) is 0 Å². The molecule has 0 spiro atoms. The smallest absolute Gasteiger partial charge is 0.225 e. The predicted molar refractivity (Wildman–Crippen MR) is 85.2 cm³/mol. The highest BCUT2D eigenvalue weighted by atomic mass is 79.9. The van der Waals surface area contributed by atoms with E-state index in [0.29, 0.717) is 6.54 Å². The second-order valence-electron chi connectivity index (χ2n) is 5.23. The van der Waals surface area contributed by atoms with E-state index in [-0.39, 0.29) is 17.9 Å². The largest absolute Gasteiger partial charge is 0.340 e. The third-order valence-electron chi connectivity index (χ3n) is 3.11. The van der Waals surface area contributed by atoms with Crippen molar-refractivity contribution in [3.05, 3.63) is 20.8 Å². The second-order valence-corrected chi connectivity index (χ2v) is 7.15. The van der Waals surface area contributed by atoms with E-state index in [4.69, 9.17) is 5.73 Å². The molecule has 0 aliphatic heterocycles. The van der Waals surface area contributed by atoms with Crippen LogP contribution in [0.25, 0.3) is 0 Å². The summed E-state index contributed by atoms with van der Waals surface area (Å²) in [6, 6.07) is 2.29. The van der Waals surface area contributed by atoms with Crippen molar-refractivity contribution in [2.75, 3.05) is 7.05 Å². The van der Waals surface area contributed by atoms with Crippen LogP contribution in [-0.2, 0) is 11.3 Å². The molecule has 0 fully saturated rings. The van der Waals surface area contributed by atoms with E-state index in [9.17, 15) is 4.79 Å². The lowest BCUT2D eigenvalue weighted by molar-refractivity contribution is -0.134. The molecule has 5 heteroatoms. The van der Waals surface area contributed by atoms with Gasteiger partial charge in [0.1, 0.15) is 0 Å². The highest BCUT2D eigenvalue weighted by Gasteiger charge is 2.17. The fraction of sp³-hybridized carbons (Fsp3) is 0.643. The maximum absolute atomic E-state index is 12.2. The van der Waals surface area contributed by atoms with Gasteiger partial charge >= 0.3 is 0 Å². The lowest BCUT2D eigenvalue weighted by Crippen LogP contribution is -2.31. The van der Waals surface area contributed by atoms with E-state index in [1.54, 1.807) is 11.3 Å². The van der Waals surface area contributed by atoms with Crippen LogP contribution >= 0.6 is 27.3 Å². The molecule has 108 valence electrons. The molecule has 0 aliphatic carbocycles. The van der Waals surface area contributed by atoms with E-state index in [2.05, 4.69) is 22.0 Å². The molecule has 0 aliphatic rings. The van der Waals surface area contributed by atoms with E-state index < -0.39 is 0 Å². The monoisotopic (exact) mass is 346 g/mol. The first-order chi connectivity index (χ1) is 8.90. The van der Waals surface area contributed by atoms with E-state index in [0.717, 1.165) is 23.7 Å². The Bertz CT molecular complexity index is 406. The summed E-state index contributed by atoms with van der Waals surface area (Å²) in [7, 11) is 1.87. The van der Waals surface area contributed by atoms with Crippen molar-refractivity contribution < 1.29 is 4.79 Å². The Morgan fingerprint density at radius 3 is 2.68 bits per heavy atom. The summed E-state index contributed by atoms with van der Waals surface area (Å²) in [5, 5.41) is 2.04. The molecule has 1 heterocycles. The first-order valence-electron chi connectivity index (χ1n) is 6.63. The summed E-state index contributed by atoms with van der Waals surface area (Å²) in [6.45, 7) is 4.70. The van der Waals surface area contributed by atoms with Crippen LogP contribution in [0.5, 0.6) is 0 Å². The molecular weight excluding hydrogens is 324 g/mol. The Hall–Kier alpha value is -0.390. The quantitative estimate of drug-likeness (QED) is 0.819. The molecule has 0 bridgehead atoms. The summed E-state index contributed by atoms with van der Waals surface area (Å²) in [6.07, 6.45) is 2.92. The van der Waals surface area contributed by atoms with Crippen molar-refractivity contribution in [1.82, 2.24) is 4.90 Å². The Balaban J connectivity index is 2.38. The molecule has 0 aromatic carbocycles. The maximum Gasteiger partial charge on any atom is 0.225 e. The number of rotatable bonds is 7. The Morgan fingerprint density at radius 1 is 1.47 bits per heavy atom. The van der Waals surface area contributed by atoms with E-state index in [1.807, 2.05) is 31.2 Å². The Morgan fingerprint density at radius 2 is 2.16 bits per heavy atom. The third-order valence-corrected chi connectivity index (χ3v) is 4.79. The van der Waals surface area contributed by atoms with Crippen molar-refractivity contribution in [3.8, 4) is 0 Å². The van der Waals surface area contributed by atoms with Crippen molar-refractivity contribution in [1.29, 1.82) is 0 Å². The molecule has 0 radical (unpaired) electrons. The van der Waals surface area contributed by atoms with Crippen molar-refractivity contribution in [3.63, 3.8) is 0 Å². The van der Waals surface area contributed by atoms with Crippen LogP contribution in [0.1, 0.15) is 38.0 Å². The molecular formula is C14H23BrN2OS. The number of amides is 1. The molecule has 2 atom stereocenters. The summed E-state index contributed by atoms with van der Waals surface area (Å²) >= 11 is 5.10.